The summed E-state index contributed by atoms with van der Waals surface area (Å²) >= 11 is 6.16. The number of anilines is 1. The fourth-order valence-electron chi connectivity index (χ4n) is 2.13. The lowest BCUT2D eigenvalue weighted by atomic mass is 10.1. The Labute approximate surface area is 106 Å². The standard InChI is InChI=1S/C12H16ClN3O/c1-8-7-16(11(6-14)12(17)15-8)10-5-3-2-4-9(10)13/h2-5,8,11H,6-7,14H2,1H3,(H,15,17). The fraction of sp³-hybridized carbons (Fsp3) is 0.417. The van der Waals surface area contributed by atoms with Crippen molar-refractivity contribution in [2.24, 2.45) is 5.73 Å². The van der Waals surface area contributed by atoms with Gasteiger partial charge in [0.05, 0.1) is 10.7 Å². The summed E-state index contributed by atoms with van der Waals surface area (Å²) in [5.41, 5.74) is 6.54. The van der Waals surface area contributed by atoms with Gasteiger partial charge in [-0.25, -0.2) is 0 Å². The number of carbonyl (C=O) groups excluding carboxylic acids is 1. The van der Waals surface area contributed by atoms with Crippen molar-refractivity contribution in [3.05, 3.63) is 29.3 Å². The molecule has 1 fully saturated rings. The first-order valence-corrected chi connectivity index (χ1v) is 6.03. The van der Waals surface area contributed by atoms with Crippen LogP contribution in [0.25, 0.3) is 0 Å². The zero-order chi connectivity index (χ0) is 12.4. The highest BCUT2D eigenvalue weighted by atomic mass is 35.5. The highest BCUT2D eigenvalue weighted by Gasteiger charge is 2.32. The molecule has 2 rings (SSSR count). The molecule has 17 heavy (non-hydrogen) atoms. The zero-order valence-electron chi connectivity index (χ0n) is 9.69. The molecule has 1 heterocycles. The second-order valence-corrected chi connectivity index (χ2v) is 4.67. The summed E-state index contributed by atoms with van der Waals surface area (Å²) in [6.07, 6.45) is 0. The van der Waals surface area contributed by atoms with Crippen LogP contribution in [0.5, 0.6) is 0 Å². The Morgan fingerprint density at radius 2 is 2.24 bits per heavy atom. The molecule has 0 radical (unpaired) electrons. The van der Waals surface area contributed by atoms with Crippen LogP contribution in [0.2, 0.25) is 5.02 Å². The normalized spacial score (nSPS) is 24.6. The Bertz CT molecular complexity index is 424. The minimum atomic E-state index is -0.342. The van der Waals surface area contributed by atoms with Crippen LogP contribution < -0.4 is 16.0 Å². The van der Waals surface area contributed by atoms with Crippen molar-refractivity contribution in [1.82, 2.24) is 5.32 Å². The van der Waals surface area contributed by atoms with Gasteiger partial charge in [-0.1, -0.05) is 23.7 Å². The van der Waals surface area contributed by atoms with Crippen LogP contribution in [0.1, 0.15) is 6.92 Å². The molecule has 0 aliphatic carbocycles. The molecular weight excluding hydrogens is 238 g/mol. The topological polar surface area (TPSA) is 58.4 Å². The van der Waals surface area contributed by atoms with Gasteiger partial charge in [0.25, 0.3) is 0 Å². The molecule has 1 aromatic carbocycles. The van der Waals surface area contributed by atoms with E-state index in [0.717, 1.165) is 12.2 Å². The lowest BCUT2D eigenvalue weighted by molar-refractivity contribution is -0.123. The lowest BCUT2D eigenvalue weighted by Crippen LogP contribution is -2.61. The molecule has 0 aromatic heterocycles. The van der Waals surface area contributed by atoms with Crippen LogP contribution in [0.3, 0.4) is 0 Å². The Balaban J connectivity index is 2.34. The van der Waals surface area contributed by atoms with E-state index in [1.54, 1.807) is 0 Å². The molecule has 1 aromatic rings. The monoisotopic (exact) mass is 253 g/mol. The molecule has 2 unspecified atom stereocenters. The smallest absolute Gasteiger partial charge is 0.244 e. The quantitative estimate of drug-likeness (QED) is 0.827. The van der Waals surface area contributed by atoms with E-state index in [1.165, 1.54) is 0 Å². The minimum absolute atomic E-state index is 0.0360. The van der Waals surface area contributed by atoms with Gasteiger partial charge in [0.1, 0.15) is 6.04 Å². The molecule has 0 saturated carbocycles. The Hall–Kier alpha value is -1.26. The highest BCUT2D eigenvalue weighted by Crippen LogP contribution is 2.28. The molecule has 2 atom stereocenters. The first kappa shape index (κ1) is 12.2. The number of para-hydroxylation sites is 1. The van der Waals surface area contributed by atoms with Crippen molar-refractivity contribution in [3.63, 3.8) is 0 Å². The first-order valence-electron chi connectivity index (χ1n) is 5.65. The number of nitrogens with one attached hydrogen (secondary N) is 1. The molecule has 92 valence electrons. The van der Waals surface area contributed by atoms with E-state index in [9.17, 15) is 4.79 Å². The van der Waals surface area contributed by atoms with Crippen LogP contribution in [0.15, 0.2) is 24.3 Å². The van der Waals surface area contributed by atoms with Gasteiger partial charge in [-0.05, 0) is 19.1 Å². The summed E-state index contributed by atoms with van der Waals surface area (Å²) in [6.45, 7) is 2.97. The van der Waals surface area contributed by atoms with Crippen LogP contribution in [-0.2, 0) is 4.79 Å². The molecular formula is C12H16ClN3O. The summed E-state index contributed by atoms with van der Waals surface area (Å²) in [5, 5.41) is 3.54. The molecule has 1 aliphatic heterocycles. The molecule has 0 spiro atoms. The van der Waals surface area contributed by atoms with Crippen molar-refractivity contribution >= 4 is 23.2 Å². The molecule has 1 amide bonds. The molecule has 1 saturated heterocycles. The van der Waals surface area contributed by atoms with E-state index in [2.05, 4.69) is 5.32 Å². The number of hydrogen-bond donors (Lipinski definition) is 2. The lowest BCUT2D eigenvalue weighted by Gasteiger charge is -2.39. The fourth-order valence-corrected chi connectivity index (χ4v) is 2.38. The van der Waals surface area contributed by atoms with Gasteiger partial charge in [0.15, 0.2) is 0 Å². The molecule has 4 nitrogen and oxygen atoms in total. The van der Waals surface area contributed by atoms with Gasteiger partial charge in [-0.15, -0.1) is 0 Å². The molecule has 1 aliphatic rings. The van der Waals surface area contributed by atoms with E-state index < -0.39 is 0 Å². The average molecular weight is 254 g/mol. The summed E-state index contributed by atoms with van der Waals surface area (Å²) in [7, 11) is 0. The van der Waals surface area contributed by atoms with Gasteiger partial charge < -0.3 is 16.0 Å². The van der Waals surface area contributed by atoms with Crippen LogP contribution in [0.4, 0.5) is 5.69 Å². The number of hydrogen-bond acceptors (Lipinski definition) is 3. The SMILES string of the molecule is CC1CN(c2ccccc2Cl)C(CN)C(=O)N1. The largest absolute Gasteiger partial charge is 0.355 e. The van der Waals surface area contributed by atoms with E-state index in [-0.39, 0.29) is 24.5 Å². The third kappa shape index (κ3) is 2.37. The number of halogens is 1. The third-order valence-electron chi connectivity index (χ3n) is 2.92. The maximum atomic E-state index is 11.9. The van der Waals surface area contributed by atoms with E-state index in [1.807, 2.05) is 36.1 Å². The van der Waals surface area contributed by atoms with E-state index in [4.69, 9.17) is 17.3 Å². The van der Waals surface area contributed by atoms with Crippen molar-refractivity contribution in [3.8, 4) is 0 Å². The third-order valence-corrected chi connectivity index (χ3v) is 3.24. The van der Waals surface area contributed by atoms with Crippen molar-refractivity contribution < 1.29 is 4.79 Å². The predicted octanol–water partition coefficient (Wildman–Crippen LogP) is 0.992. The van der Waals surface area contributed by atoms with Crippen molar-refractivity contribution in [2.45, 2.75) is 19.0 Å². The van der Waals surface area contributed by atoms with Crippen LogP contribution in [-0.4, -0.2) is 31.1 Å². The average Bonchev–Trinajstić information content (AvgIpc) is 2.28. The predicted molar refractivity (Wildman–Crippen MR) is 69.2 cm³/mol. The van der Waals surface area contributed by atoms with E-state index in [0.29, 0.717) is 5.02 Å². The summed E-state index contributed by atoms with van der Waals surface area (Å²) < 4.78 is 0. The first-order chi connectivity index (χ1) is 8.13. The zero-order valence-corrected chi connectivity index (χ0v) is 10.4. The molecule has 3 N–H and O–H groups in total. The number of rotatable bonds is 2. The highest BCUT2D eigenvalue weighted by molar-refractivity contribution is 6.33. The number of carbonyl (C=O) groups is 1. The summed E-state index contributed by atoms with van der Waals surface area (Å²) in [6, 6.07) is 7.27. The Morgan fingerprint density at radius 1 is 1.53 bits per heavy atom. The second kappa shape index (κ2) is 4.94. The van der Waals surface area contributed by atoms with Gasteiger partial charge in [0, 0.05) is 19.1 Å². The Morgan fingerprint density at radius 3 is 2.88 bits per heavy atom. The number of nitrogens with zero attached hydrogens (tertiary/aromatic N) is 1. The van der Waals surface area contributed by atoms with Crippen LogP contribution in [0, 0.1) is 0 Å². The summed E-state index contributed by atoms with van der Waals surface area (Å²) in [4.78, 5) is 13.8. The van der Waals surface area contributed by atoms with Gasteiger partial charge in [-0.3, -0.25) is 4.79 Å². The molecule has 5 heteroatoms. The van der Waals surface area contributed by atoms with Gasteiger partial charge >= 0.3 is 0 Å². The number of amides is 1. The van der Waals surface area contributed by atoms with Crippen molar-refractivity contribution in [2.75, 3.05) is 18.0 Å². The minimum Gasteiger partial charge on any atom is -0.355 e. The maximum absolute atomic E-state index is 11.9. The Kier molecular flexibility index (Phi) is 3.54. The van der Waals surface area contributed by atoms with Crippen LogP contribution >= 0.6 is 11.6 Å². The van der Waals surface area contributed by atoms with E-state index >= 15 is 0 Å². The second-order valence-electron chi connectivity index (χ2n) is 4.26. The number of nitrogens with two attached hydrogens (primary N) is 1. The van der Waals surface area contributed by atoms with Gasteiger partial charge in [0.2, 0.25) is 5.91 Å². The summed E-state index contributed by atoms with van der Waals surface area (Å²) in [5.74, 6) is -0.0360. The maximum Gasteiger partial charge on any atom is 0.244 e. The van der Waals surface area contributed by atoms with Crippen molar-refractivity contribution in [1.29, 1.82) is 0 Å². The number of piperazine rings is 1. The van der Waals surface area contributed by atoms with Gasteiger partial charge in [-0.2, -0.15) is 0 Å². The number of benzene rings is 1. The molecule has 0 bridgehead atoms.